The third-order valence-corrected chi connectivity index (χ3v) is 6.33. The number of aryl methyl sites for hydroxylation is 1. The van der Waals surface area contributed by atoms with Crippen LogP contribution in [0.5, 0.6) is 5.88 Å². The van der Waals surface area contributed by atoms with Crippen LogP contribution in [0.4, 0.5) is 5.69 Å². The lowest BCUT2D eigenvalue weighted by atomic mass is 10.1. The van der Waals surface area contributed by atoms with Gasteiger partial charge in [0.05, 0.1) is 43.0 Å². The number of anilines is 1. The molecular formula is C21H24ClN7O3. The van der Waals surface area contributed by atoms with Gasteiger partial charge in [0.1, 0.15) is 17.5 Å². The summed E-state index contributed by atoms with van der Waals surface area (Å²) in [6, 6.07) is 1.86. The number of nitrogens with zero attached hydrogens (tertiary/aromatic N) is 6. The minimum atomic E-state index is -0.398. The van der Waals surface area contributed by atoms with Gasteiger partial charge < -0.3 is 14.4 Å². The van der Waals surface area contributed by atoms with E-state index in [0.717, 1.165) is 48.8 Å². The SMILES string of the molecule is Cc1nn(CC2COC2)c(C)c1-c1cc(O[C@@H]2CCN(c3cn[nH]c(=O)c3Cl)C2)ncn1. The summed E-state index contributed by atoms with van der Waals surface area (Å²) in [4.78, 5) is 22.5. The van der Waals surface area contributed by atoms with Crippen LogP contribution in [0.15, 0.2) is 23.4 Å². The number of aromatic amines is 1. The fraction of sp³-hybridized carbons (Fsp3) is 0.476. The summed E-state index contributed by atoms with van der Waals surface area (Å²) in [6.45, 7) is 7.77. The number of halogens is 1. The highest BCUT2D eigenvalue weighted by Crippen LogP contribution is 2.30. The van der Waals surface area contributed by atoms with Crippen molar-refractivity contribution in [3.05, 3.63) is 45.4 Å². The maximum absolute atomic E-state index is 11.7. The lowest BCUT2D eigenvalue weighted by molar-refractivity contribution is -0.0411. The van der Waals surface area contributed by atoms with Crippen molar-refractivity contribution in [3.63, 3.8) is 0 Å². The lowest BCUT2D eigenvalue weighted by Gasteiger charge is -2.26. The predicted molar refractivity (Wildman–Crippen MR) is 118 cm³/mol. The highest BCUT2D eigenvalue weighted by Gasteiger charge is 2.27. The standard InChI is InChI=1S/C21H24ClN7O3/c1-12-19(13(2)29(27-12)7-14-9-31-10-14)16-5-18(24-11-23-16)32-15-3-4-28(8-15)17-6-25-26-21(30)20(17)22/h5-6,11,14-15H,3-4,7-10H2,1-2H3,(H,26,30)/t15-/m1/s1. The van der Waals surface area contributed by atoms with Gasteiger partial charge in [-0.25, -0.2) is 15.1 Å². The number of ether oxygens (including phenoxy) is 2. The van der Waals surface area contributed by atoms with Gasteiger partial charge in [-0.2, -0.15) is 10.2 Å². The van der Waals surface area contributed by atoms with Crippen LogP contribution in [-0.2, 0) is 11.3 Å². The Kier molecular flexibility index (Phi) is 5.56. The zero-order valence-electron chi connectivity index (χ0n) is 17.9. The summed E-state index contributed by atoms with van der Waals surface area (Å²) in [7, 11) is 0. The number of nitrogens with one attached hydrogen (secondary N) is 1. The van der Waals surface area contributed by atoms with Crippen molar-refractivity contribution in [1.82, 2.24) is 29.9 Å². The number of H-pyrrole nitrogens is 1. The molecule has 32 heavy (non-hydrogen) atoms. The average Bonchev–Trinajstić information content (AvgIpc) is 3.31. The molecule has 0 radical (unpaired) electrons. The molecule has 0 spiro atoms. The van der Waals surface area contributed by atoms with E-state index in [4.69, 9.17) is 26.2 Å². The molecule has 1 N–H and O–H groups in total. The average molecular weight is 458 g/mol. The van der Waals surface area contributed by atoms with Crippen LogP contribution >= 0.6 is 11.6 Å². The fourth-order valence-corrected chi connectivity index (χ4v) is 4.44. The van der Waals surface area contributed by atoms with E-state index in [1.54, 1.807) is 6.20 Å². The Morgan fingerprint density at radius 3 is 2.94 bits per heavy atom. The third kappa shape index (κ3) is 3.95. The second-order valence-corrected chi connectivity index (χ2v) is 8.62. The van der Waals surface area contributed by atoms with Crippen LogP contribution in [0.3, 0.4) is 0 Å². The number of rotatable bonds is 6. The van der Waals surface area contributed by atoms with Crippen molar-refractivity contribution >= 4 is 17.3 Å². The molecule has 3 aromatic rings. The first kappa shape index (κ1) is 20.9. The van der Waals surface area contributed by atoms with E-state index in [0.29, 0.717) is 30.6 Å². The second kappa shape index (κ2) is 8.51. The van der Waals surface area contributed by atoms with Gasteiger partial charge in [-0.15, -0.1) is 0 Å². The predicted octanol–water partition coefficient (Wildman–Crippen LogP) is 2.00. The van der Waals surface area contributed by atoms with Crippen molar-refractivity contribution in [1.29, 1.82) is 0 Å². The quantitative estimate of drug-likeness (QED) is 0.598. The molecule has 0 amide bonds. The fourth-order valence-electron chi connectivity index (χ4n) is 4.23. The molecule has 2 aliphatic rings. The first-order valence-electron chi connectivity index (χ1n) is 10.6. The van der Waals surface area contributed by atoms with Crippen molar-refractivity contribution in [3.8, 4) is 17.1 Å². The molecule has 2 aliphatic heterocycles. The molecule has 0 unspecified atom stereocenters. The zero-order chi connectivity index (χ0) is 22.2. The number of aromatic nitrogens is 6. The Hall–Kier alpha value is -2.98. The van der Waals surface area contributed by atoms with E-state index in [1.165, 1.54) is 6.33 Å². The first-order valence-corrected chi connectivity index (χ1v) is 11.0. The number of hydrogen-bond donors (Lipinski definition) is 1. The van der Waals surface area contributed by atoms with Crippen LogP contribution in [0.1, 0.15) is 17.8 Å². The normalized spacial score (nSPS) is 18.7. The van der Waals surface area contributed by atoms with E-state index in [1.807, 2.05) is 22.6 Å². The molecule has 11 heteroatoms. The zero-order valence-corrected chi connectivity index (χ0v) is 18.7. The summed E-state index contributed by atoms with van der Waals surface area (Å²) in [5.41, 5.74) is 4.01. The van der Waals surface area contributed by atoms with E-state index in [9.17, 15) is 4.79 Å². The molecule has 168 valence electrons. The Balaban J connectivity index is 1.31. The molecule has 2 fully saturated rings. The molecule has 0 bridgehead atoms. The van der Waals surface area contributed by atoms with Crippen LogP contribution in [0, 0.1) is 19.8 Å². The van der Waals surface area contributed by atoms with E-state index < -0.39 is 5.56 Å². The molecular weight excluding hydrogens is 434 g/mol. The second-order valence-electron chi connectivity index (χ2n) is 8.25. The Morgan fingerprint density at radius 2 is 2.16 bits per heavy atom. The van der Waals surface area contributed by atoms with E-state index in [2.05, 4.69) is 27.1 Å². The van der Waals surface area contributed by atoms with Crippen LogP contribution in [-0.4, -0.2) is 62.4 Å². The highest BCUT2D eigenvalue weighted by atomic mass is 35.5. The van der Waals surface area contributed by atoms with Crippen molar-refractivity contribution in [2.75, 3.05) is 31.2 Å². The van der Waals surface area contributed by atoms with Crippen molar-refractivity contribution in [2.45, 2.75) is 32.9 Å². The molecule has 3 aromatic heterocycles. The van der Waals surface area contributed by atoms with Gasteiger partial charge >= 0.3 is 0 Å². The monoisotopic (exact) mass is 457 g/mol. The Morgan fingerprint density at radius 1 is 1.31 bits per heavy atom. The van der Waals surface area contributed by atoms with Gasteiger partial charge in [-0.1, -0.05) is 11.6 Å². The van der Waals surface area contributed by atoms with E-state index >= 15 is 0 Å². The third-order valence-electron chi connectivity index (χ3n) is 5.97. The molecule has 1 atom stereocenters. The molecule has 0 aromatic carbocycles. The lowest BCUT2D eigenvalue weighted by Crippen LogP contribution is -2.32. The van der Waals surface area contributed by atoms with Gasteiger partial charge in [0.25, 0.3) is 5.56 Å². The maximum atomic E-state index is 11.7. The van der Waals surface area contributed by atoms with Crippen molar-refractivity contribution in [2.24, 2.45) is 5.92 Å². The summed E-state index contributed by atoms with van der Waals surface area (Å²) in [5.74, 6) is 1.02. The van der Waals surface area contributed by atoms with Crippen LogP contribution in [0.25, 0.3) is 11.3 Å². The number of hydrogen-bond acceptors (Lipinski definition) is 8. The van der Waals surface area contributed by atoms with Gasteiger partial charge in [-0.05, 0) is 13.8 Å². The van der Waals surface area contributed by atoms with E-state index in [-0.39, 0.29) is 11.1 Å². The van der Waals surface area contributed by atoms with Gasteiger partial charge in [0, 0.05) is 42.8 Å². The first-order chi connectivity index (χ1) is 15.5. The summed E-state index contributed by atoms with van der Waals surface area (Å²) in [6.07, 6.45) is 3.78. The van der Waals surface area contributed by atoms with Crippen LogP contribution in [0.2, 0.25) is 5.02 Å². The van der Waals surface area contributed by atoms with Gasteiger partial charge in [-0.3, -0.25) is 9.48 Å². The largest absolute Gasteiger partial charge is 0.472 e. The topological polar surface area (TPSA) is 111 Å². The molecule has 0 saturated carbocycles. The highest BCUT2D eigenvalue weighted by molar-refractivity contribution is 6.33. The maximum Gasteiger partial charge on any atom is 0.285 e. The Labute approximate surface area is 189 Å². The minimum Gasteiger partial charge on any atom is -0.472 e. The van der Waals surface area contributed by atoms with Gasteiger partial charge in [0.2, 0.25) is 5.88 Å². The molecule has 5 rings (SSSR count). The molecule has 0 aliphatic carbocycles. The summed E-state index contributed by atoms with van der Waals surface area (Å²) < 4.78 is 13.5. The molecule has 2 saturated heterocycles. The smallest absolute Gasteiger partial charge is 0.285 e. The van der Waals surface area contributed by atoms with Gasteiger partial charge in [0.15, 0.2) is 0 Å². The summed E-state index contributed by atoms with van der Waals surface area (Å²) >= 11 is 6.14. The molecule has 5 heterocycles. The summed E-state index contributed by atoms with van der Waals surface area (Å²) in [5, 5.41) is 11.0. The van der Waals surface area contributed by atoms with Crippen molar-refractivity contribution < 1.29 is 9.47 Å². The molecule has 10 nitrogen and oxygen atoms in total. The Bertz CT molecular complexity index is 1190. The van der Waals surface area contributed by atoms with Crippen LogP contribution < -0.4 is 15.2 Å². The minimum absolute atomic E-state index is 0.0864.